The zero-order valence-electron chi connectivity index (χ0n) is 21.1. The lowest BCUT2D eigenvalue weighted by atomic mass is 10.0. The molecule has 8 nitrogen and oxygen atoms in total. The van der Waals surface area contributed by atoms with E-state index in [1.165, 1.54) is 9.25 Å². The lowest BCUT2D eigenvalue weighted by Crippen LogP contribution is -2.13. The van der Waals surface area contributed by atoms with Crippen LogP contribution in [0.2, 0.25) is 5.02 Å². The predicted molar refractivity (Wildman–Crippen MR) is 140 cm³/mol. The number of oxime groups is 1. The molecule has 0 unspecified atom stereocenters. The summed E-state index contributed by atoms with van der Waals surface area (Å²) >= 11 is 6.35. The zero-order chi connectivity index (χ0) is 30.1. The van der Waals surface area contributed by atoms with Gasteiger partial charge in [-0.25, -0.2) is 4.68 Å². The molecule has 0 saturated heterocycles. The van der Waals surface area contributed by atoms with Crippen LogP contribution in [0, 0.1) is 0 Å². The molecule has 2 aromatic heterocycles. The summed E-state index contributed by atoms with van der Waals surface area (Å²) in [5, 5.41) is 29.2. The number of hydrogen-bond acceptors (Lipinski definition) is 6. The van der Waals surface area contributed by atoms with E-state index in [1.807, 2.05) is 0 Å². The first kappa shape index (κ1) is 28.8. The SMILES string of the molecule is ON=Cc1nnc(-c2nnn(Cc3cc(C(F)(F)F)cc(C(F)(F)F)c3)c2-c2ccccc2)n1Cc1ccccc1Cl. The van der Waals surface area contributed by atoms with E-state index < -0.39 is 30.0 Å². The molecule has 0 amide bonds. The maximum absolute atomic E-state index is 13.5. The van der Waals surface area contributed by atoms with Gasteiger partial charge in [0.1, 0.15) is 11.9 Å². The molecular weight excluding hydrogens is 588 g/mol. The highest BCUT2D eigenvalue weighted by Gasteiger charge is 2.37. The quantitative estimate of drug-likeness (QED) is 0.0953. The largest absolute Gasteiger partial charge is 0.416 e. The molecule has 216 valence electrons. The van der Waals surface area contributed by atoms with E-state index in [-0.39, 0.29) is 41.2 Å². The van der Waals surface area contributed by atoms with Crippen LogP contribution in [0.5, 0.6) is 0 Å². The van der Waals surface area contributed by atoms with Crippen molar-refractivity contribution in [2.75, 3.05) is 0 Å². The van der Waals surface area contributed by atoms with Crippen LogP contribution < -0.4 is 0 Å². The lowest BCUT2D eigenvalue weighted by Gasteiger charge is -2.15. The Labute approximate surface area is 238 Å². The number of aromatic nitrogens is 6. The van der Waals surface area contributed by atoms with E-state index in [0.717, 1.165) is 6.21 Å². The summed E-state index contributed by atoms with van der Waals surface area (Å²) < 4.78 is 83.7. The molecular formula is C27H18ClF6N7O. The number of hydrogen-bond donors (Lipinski definition) is 1. The Morgan fingerprint density at radius 1 is 0.810 bits per heavy atom. The van der Waals surface area contributed by atoms with Gasteiger partial charge in [-0.3, -0.25) is 0 Å². The van der Waals surface area contributed by atoms with Gasteiger partial charge in [0.2, 0.25) is 0 Å². The van der Waals surface area contributed by atoms with Gasteiger partial charge in [-0.2, -0.15) is 26.3 Å². The Balaban J connectivity index is 1.67. The lowest BCUT2D eigenvalue weighted by molar-refractivity contribution is -0.143. The molecule has 42 heavy (non-hydrogen) atoms. The number of benzene rings is 3. The smallest absolute Gasteiger partial charge is 0.411 e. The molecule has 15 heteroatoms. The fraction of sp³-hybridized carbons (Fsp3) is 0.148. The first-order valence-electron chi connectivity index (χ1n) is 12.1. The molecule has 0 spiro atoms. The van der Waals surface area contributed by atoms with Crippen molar-refractivity contribution in [3.8, 4) is 22.8 Å². The molecule has 0 fully saturated rings. The minimum atomic E-state index is -5.01. The Morgan fingerprint density at radius 2 is 1.45 bits per heavy atom. The minimum absolute atomic E-state index is 0.0653. The molecule has 0 aliphatic carbocycles. The van der Waals surface area contributed by atoms with E-state index in [1.54, 1.807) is 54.6 Å². The van der Waals surface area contributed by atoms with E-state index >= 15 is 0 Å². The summed E-state index contributed by atoms with van der Waals surface area (Å²) in [6.45, 7) is -0.374. The molecule has 5 rings (SSSR count). The van der Waals surface area contributed by atoms with E-state index in [2.05, 4.69) is 25.7 Å². The molecule has 0 aliphatic rings. The standard InChI is InChI=1S/C27H18ClF6N7O/c28-21-9-5-4-8-18(21)15-40-22(13-35-42)36-38-25(40)23-24(17-6-2-1-3-7-17)41(39-37-23)14-16-10-19(26(29,30)31)12-20(11-16)27(32,33)34/h1-13,42H,14-15H2. The number of rotatable bonds is 7. The average Bonchev–Trinajstić information content (AvgIpc) is 3.53. The zero-order valence-corrected chi connectivity index (χ0v) is 21.9. The third-order valence-corrected chi connectivity index (χ3v) is 6.58. The van der Waals surface area contributed by atoms with Crippen LogP contribution in [0.15, 0.2) is 78.0 Å². The number of alkyl halides is 6. The molecule has 0 atom stereocenters. The third kappa shape index (κ3) is 5.98. The van der Waals surface area contributed by atoms with Crippen molar-refractivity contribution in [3.63, 3.8) is 0 Å². The summed E-state index contributed by atoms with van der Waals surface area (Å²) in [5.74, 6) is 0.253. The average molecular weight is 606 g/mol. The van der Waals surface area contributed by atoms with Crippen LogP contribution in [0.4, 0.5) is 26.3 Å². The molecule has 0 saturated carbocycles. The van der Waals surface area contributed by atoms with E-state index in [9.17, 15) is 31.5 Å². The monoisotopic (exact) mass is 605 g/mol. The Bertz CT molecular complexity index is 1710. The highest BCUT2D eigenvalue weighted by atomic mass is 35.5. The normalized spacial score (nSPS) is 12.4. The minimum Gasteiger partial charge on any atom is -0.411 e. The van der Waals surface area contributed by atoms with Crippen molar-refractivity contribution >= 4 is 17.8 Å². The van der Waals surface area contributed by atoms with Gasteiger partial charge in [0.25, 0.3) is 0 Å². The maximum Gasteiger partial charge on any atom is 0.416 e. The van der Waals surface area contributed by atoms with Gasteiger partial charge in [0, 0.05) is 10.6 Å². The molecule has 3 aromatic carbocycles. The van der Waals surface area contributed by atoms with Gasteiger partial charge >= 0.3 is 12.4 Å². The third-order valence-electron chi connectivity index (χ3n) is 6.21. The summed E-state index contributed by atoms with van der Waals surface area (Å²) in [4.78, 5) is 0. The predicted octanol–water partition coefficient (Wildman–Crippen LogP) is 6.80. The topological polar surface area (TPSA) is 94.0 Å². The maximum atomic E-state index is 13.5. The Morgan fingerprint density at radius 3 is 2.07 bits per heavy atom. The van der Waals surface area contributed by atoms with Crippen molar-refractivity contribution < 1.29 is 31.5 Å². The van der Waals surface area contributed by atoms with Gasteiger partial charge in [0.05, 0.1) is 24.2 Å². The van der Waals surface area contributed by atoms with Crippen molar-refractivity contribution in [1.82, 2.24) is 29.8 Å². The number of nitrogens with zero attached hydrogens (tertiary/aromatic N) is 7. The van der Waals surface area contributed by atoms with Crippen LogP contribution in [-0.4, -0.2) is 41.2 Å². The second kappa shape index (κ2) is 11.3. The second-order valence-electron chi connectivity index (χ2n) is 9.03. The molecule has 0 radical (unpaired) electrons. The second-order valence-corrected chi connectivity index (χ2v) is 9.44. The summed E-state index contributed by atoms with van der Waals surface area (Å²) in [5.41, 5.74) is -1.64. The van der Waals surface area contributed by atoms with Crippen LogP contribution in [0.3, 0.4) is 0 Å². The van der Waals surface area contributed by atoms with Crippen molar-refractivity contribution in [2.45, 2.75) is 25.4 Å². The molecule has 5 aromatic rings. The van der Waals surface area contributed by atoms with E-state index in [4.69, 9.17) is 11.6 Å². The summed E-state index contributed by atoms with van der Waals surface area (Å²) in [7, 11) is 0. The fourth-order valence-electron chi connectivity index (χ4n) is 4.33. The Kier molecular flexibility index (Phi) is 7.73. The van der Waals surface area contributed by atoms with Crippen molar-refractivity contribution in [3.05, 3.63) is 106 Å². The van der Waals surface area contributed by atoms with Crippen LogP contribution in [0.25, 0.3) is 22.8 Å². The van der Waals surface area contributed by atoms with Gasteiger partial charge in [-0.1, -0.05) is 70.5 Å². The molecule has 1 N–H and O–H groups in total. The fourth-order valence-corrected chi connectivity index (χ4v) is 4.53. The first-order valence-corrected chi connectivity index (χ1v) is 12.4. The highest BCUT2D eigenvalue weighted by Crippen LogP contribution is 2.37. The van der Waals surface area contributed by atoms with Gasteiger partial charge in [-0.05, 0) is 35.4 Å². The van der Waals surface area contributed by atoms with Gasteiger partial charge in [0.15, 0.2) is 17.3 Å². The summed E-state index contributed by atoms with van der Waals surface area (Å²) in [6, 6.07) is 16.8. The highest BCUT2D eigenvalue weighted by molar-refractivity contribution is 6.31. The van der Waals surface area contributed by atoms with Crippen LogP contribution in [-0.2, 0) is 25.4 Å². The Hall–Kier alpha value is -4.72. The van der Waals surface area contributed by atoms with Crippen LogP contribution in [0.1, 0.15) is 28.1 Å². The van der Waals surface area contributed by atoms with Gasteiger partial charge < -0.3 is 9.77 Å². The molecule has 0 aliphatic heterocycles. The van der Waals surface area contributed by atoms with Crippen molar-refractivity contribution in [2.24, 2.45) is 5.16 Å². The van der Waals surface area contributed by atoms with Gasteiger partial charge in [-0.15, -0.1) is 15.3 Å². The first-order chi connectivity index (χ1) is 20.0. The number of halogens is 7. The molecule has 2 heterocycles. The molecule has 0 bridgehead atoms. The van der Waals surface area contributed by atoms with Crippen molar-refractivity contribution in [1.29, 1.82) is 0 Å². The summed E-state index contributed by atoms with van der Waals surface area (Å²) in [6.07, 6.45) is -8.97. The van der Waals surface area contributed by atoms with Crippen LogP contribution >= 0.6 is 11.6 Å². The van der Waals surface area contributed by atoms with E-state index in [0.29, 0.717) is 28.3 Å².